The van der Waals surface area contributed by atoms with Crippen LogP contribution in [0.15, 0.2) is 65.7 Å². The molecule has 1 aliphatic rings. The van der Waals surface area contributed by atoms with E-state index in [9.17, 15) is 9.90 Å². The first-order valence-electron chi connectivity index (χ1n) is 11.4. The van der Waals surface area contributed by atoms with Crippen LogP contribution in [0.1, 0.15) is 45.8 Å². The summed E-state index contributed by atoms with van der Waals surface area (Å²) in [5, 5.41) is 16.4. The molecule has 0 aromatic heterocycles. The summed E-state index contributed by atoms with van der Waals surface area (Å²) in [6, 6.07) is 19.4. The molecule has 5 heteroatoms. The predicted molar refractivity (Wildman–Crippen MR) is 134 cm³/mol. The predicted octanol–water partition coefficient (Wildman–Crippen LogP) is 4.88. The van der Waals surface area contributed by atoms with Crippen LogP contribution in [0.4, 0.5) is 5.69 Å². The number of carbonyl (C=O) groups is 1. The molecule has 170 valence electrons. The minimum Gasteiger partial charge on any atom is -0.508 e. The molecule has 1 heterocycles. The lowest BCUT2D eigenvalue weighted by atomic mass is 9.90. The number of rotatable bonds is 7. The molecule has 2 atom stereocenters. The van der Waals surface area contributed by atoms with Crippen molar-refractivity contribution >= 4 is 18.3 Å². The molecule has 1 aliphatic heterocycles. The number of fused-ring (bicyclic) bond motifs is 1. The van der Waals surface area contributed by atoms with E-state index in [0.717, 1.165) is 41.8 Å². The molecule has 3 aromatic rings. The zero-order valence-electron chi connectivity index (χ0n) is 19.3. The summed E-state index contributed by atoms with van der Waals surface area (Å²) < 4.78 is 0. The van der Waals surface area contributed by atoms with E-state index in [1.165, 1.54) is 16.7 Å². The first-order valence-corrected chi connectivity index (χ1v) is 11.4. The van der Waals surface area contributed by atoms with E-state index in [0.29, 0.717) is 6.42 Å². The summed E-state index contributed by atoms with van der Waals surface area (Å²) >= 11 is 0. The summed E-state index contributed by atoms with van der Waals surface area (Å²) in [6.45, 7) is 8.51. The molecule has 0 spiro atoms. The smallest absolute Gasteiger partial charge is 0.245 e. The molecule has 1 amide bonds. The van der Waals surface area contributed by atoms with Gasteiger partial charge in [-0.25, -0.2) is 0 Å². The van der Waals surface area contributed by atoms with E-state index in [4.69, 9.17) is 0 Å². The highest BCUT2D eigenvalue weighted by atomic mass is 16.3. The van der Waals surface area contributed by atoms with Crippen LogP contribution < -0.4 is 10.6 Å². The van der Waals surface area contributed by atoms with Gasteiger partial charge in [0, 0.05) is 18.7 Å². The first kappa shape index (κ1) is 22.6. The Hall–Kier alpha value is -3.60. The quantitative estimate of drug-likeness (QED) is 0.457. The highest BCUT2D eigenvalue weighted by Gasteiger charge is 2.27. The molecule has 0 radical (unpaired) electrons. The van der Waals surface area contributed by atoms with E-state index in [1.54, 1.807) is 12.1 Å². The van der Waals surface area contributed by atoms with Crippen LogP contribution in [-0.4, -0.2) is 30.3 Å². The van der Waals surface area contributed by atoms with Crippen LogP contribution in [0.25, 0.3) is 0 Å². The largest absolute Gasteiger partial charge is 0.508 e. The van der Waals surface area contributed by atoms with Gasteiger partial charge in [0.1, 0.15) is 11.8 Å². The van der Waals surface area contributed by atoms with Gasteiger partial charge in [0.05, 0.1) is 6.04 Å². The molecule has 0 aliphatic carbocycles. The Morgan fingerprint density at radius 3 is 2.64 bits per heavy atom. The van der Waals surface area contributed by atoms with Crippen molar-refractivity contribution in [2.45, 2.75) is 45.2 Å². The van der Waals surface area contributed by atoms with Gasteiger partial charge in [-0.3, -0.25) is 9.79 Å². The molecule has 2 unspecified atom stereocenters. The Morgan fingerprint density at radius 2 is 1.91 bits per heavy atom. The zero-order valence-corrected chi connectivity index (χ0v) is 19.3. The van der Waals surface area contributed by atoms with Crippen molar-refractivity contribution in [3.8, 4) is 5.75 Å². The number of nitrogens with zero attached hydrogens (tertiary/aromatic N) is 1. The highest BCUT2D eigenvalue weighted by Crippen LogP contribution is 2.34. The Bertz CT molecular complexity index is 1160. The minimum atomic E-state index is -0.583. The average Bonchev–Trinajstić information content (AvgIpc) is 2.80. The van der Waals surface area contributed by atoms with Crippen molar-refractivity contribution in [3.05, 3.63) is 94.0 Å². The number of hydrogen-bond acceptors (Lipinski definition) is 4. The minimum absolute atomic E-state index is 0.0756. The van der Waals surface area contributed by atoms with Gasteiger partial charge in [-0.2, -0.15) is 0 Å². The molecular formula is C28H31N3O2. The molecule has 3 N–H and O–H groups in total. The normalized spacial score (nSPS) is 15.8. The van der Waals surface area contributed by atoms with Crippen molar-refractivity contribution in [2.75, 3.05) is 11.9 Å². The maximum Gasteiger partial charge on any atom is 0.245 e. The van der Waals surface area contributed by atoms with Gasteiger partial charge >= 0.3 is 0 Å². The van der Waals surface area contributed by atoms with E-state index < -0.39 is 6.04 Å². The fraction of sp³-hybridized carbons (Fsp3) is 0.286. The Kier molecular flexibility index (Phi) is 6.78. The maximum atomic E-state index is 13.2. The van der Waals surface area contributed by atoms with Crippen LogP contribution >= 0.6 is 0 Å². The van der Waals surface area contributed by atoms with E-state index >= 15 is 0 Å². The fourth-order valence-corrected chi connectivity index (χ4v) is 4.61. The zero-order chi connectivity index (χ0) is 23.4. The molecule has 0 bridgehead atoms. The Morgan fingerprint density at radius 1 is 1.12 bits per heavy atom. The van der Waals surface area contributed by atoms with Crippen LogP contribution in [0.3, 0.4) is 0 Å². The van der Waals surface area contributed by atoms with E-state index in [-0.39, 0.29) is 17.7 Å². The molecule has 0 saturated heterocycles. The lowest BCUT2D eigenvalue weighted by molar-refractivity contribution is -0.123. The van der Waals surface area contributed by atoms with Gasteiger partial charge in [0.2, 0.25) is 5.91 Å². The van der Waals surface area contributed by atoms with Crippen LogP contribution in [0.2, 0.25) is 0 Å². The summed E-state index contributed by atoms with van der Waals surface area (Å²) in [5.74, 6) is 0.0956. The van der Waals surface area contributed by atoms with Crippen LogP contribution in [0.5, 0.6) is 5.75 Å². The monoisotopic (exact) mass is 441 g/mol. The second-order valence-corrected chi connectivity index (χ2v) is 8.83. The Labute approximate surface area is 195 Å². The van der Waals surface area contributed by atoms with Gasteiger partial charge in [0.15, 0.2) is 0 Å². The average molecular weight is 442 g/mol. The van der Waals surface area contributed by atoms with Gasteiger partial charge < -0.3 is 15.7 Å². The second kappa shape index (κ2) is 9.90. The lowest BCUT2D eigenvalue weighted by Gasteiger charge is -2.30. The SMILES string of the molecule is C=NC(Cc1ccc(O)cc1C)C(=O)NC1CCNc2c(C)cc(Cc3ccccc3)cc21. The van der Waals surface area contributed by atoms with Gasteiger partial charge in [0.25, 0.3) is 0 Å². The van der Waals surface area contributed by atoms with Crippen molar-refractivity contribution in [1.82, 2.24) is 5.32 Å². The third-order valence-corrected chi connectivity index (χ3v) is 6.37. The summed E-state index contributed by atoms with van der Waals surface area (Å²) in [5.41, 5.74) is 7.84. The summed E-state index contributed by atoms with van der Waals surface area (Å²) in [6.07, 6.45) is 2.12. The van der Waals surface area contributed by atoms with Gasteiger partial charge in [-0.15, -0.1) is 0 Å². The number of benzene rings is 3. The number of phenols is 1. The van der Waals surface area contributed by atoms with Crippen molar-refractivity contribution in [3.63, 3.8) is 0 Å². The topological polar surface area (TPSA) is 73.7 Å². The van der Waals surface area contributed by atoms with Crippen LogP contribution in [0, 0.1) is 13.8 Å². The van der Waals surface area contributed by atoms with Crippen LogP contribution in [-0.2, 0) is 17.6 Å². The molecule has 5 nitrogen and oxygen atoms in total. The van der Waals surface area contributed by atoms with E-state index in [1.807, 2.05) is 19.1 Å². The molecule has 4 rings (SSSR count). The molecule has 0 saturated carbocycles. The number of aromatic hydroxyl groups is 1. The van der Waals surface area contributed by atoms with Crippen molar-refractivity contribution < 1.29 is 9.90 Å². The third kappa shape index (κ3) is 5.25. The number of nitrogens with one attached hydrogen (secondary N) is 2. The Balaban J connectivity index is 1.54. The van der Waals surface area contributed by atoms with Gasteiger partial charge in [-0.1, -0.05) is 48.5 Å². The first-order chi connectivity index (χ1) is 15.9. The number of anilines is 1. The third-order valence-electron chi connectivity index (χ3n) is 6.37. The maximum absolute atomic E-state index is 13.2. The van der Waals surface area contributed by atoms with Gasteiger partial charge in [-0.05, 0) is 78.9 Å². The van der Waals surface area contributed by atoms with Crippen molar-refractivity contribution in [1.29, 1.82) is 0 Å². The number of carbonyl (C=O) groups excluding carboxylic acids is 1. The van der Waals surface area contributed by atoms with Crippen molar-refractivity contribution in [2.24, 2.45) is 4.99 Å². The molecular weight excluding hydrogens is 410 g/mol. The standard InChI is InChI=1S/C28H31N3O2/c1-18-14-23(32)10-9-22(18)17-26(29-3)28(33)31-25-11-12-30-27-19(2)13-21(16-24(25)27)15-20-7-5-4-6-8-20/h4-10,13-14,16,25-26,30,32H,3,11-12,15,17H2,1-2H3,(H,31,33). The number of aryl methyl sites for hydroxylation is 2. The van der Waals surface area contributed by atoms with E-state index in [2.05, 4.69) is 65.7 Å². The molecule has 3 aromatic carbocycles. The summed E-state index contributed by atoms with van der Waals surface area (Å²) in [4.78, 5) is 17.3. The molecule has 33 heavy (non-hydrogen) atoms. The number of aliphatic imine (C=N–C) groups is 1. The lowest BCUT2D eigenvalue weighted by Crippen LogP contribution is -2.39. The molecule has 0 fully saturated rings. The summed E-state index contributed by atoms with van der Waals surface area (Å²) in [7, 11) is 0. The highest BCUT2D eigenvalue weighted by molar-refractivity contribution is 5.84. The number of hydrogen-bond donors (Lipinski definition) is 3. The number of phenolic OH excluding ortho intramolecular Hbond substituents is 1. The fourth-order valence-electron chi connectivity index (χ4n) is 4.61. The number of amides is 1. The second-order valence-electron chi connectivity index (χ2n) is 8.83.